The molecule has 1 N–H and O–H groups in total. The number of nitrogens with one attached hydrogen (secondary N) is 1. The quantitative estimate of drug-likeness (QED) is 0.511. The van der Waals surface area contributed by atoms with Crippen LogP contribution in [-0.2, 0) is 14.8 Å². The normalized spacial score (nSPS) is 11.6. The second-order valence-electron chi connectivity index (χ2n) is 6.11. The Balaban J connectivity index is 1.79. The summed E-state index contributed by atoms with van der Waals surface area (Å²) in [6.45, 7) is -0.423. The SMILES string of the molecule is CS(=O)(=O)N(CC(=O)N/N=C\c1ccc(F)cc1)c1cccc2ccccc12. The standard InChI is InChI=1S/C20H18FN3O3S/c1-28(26,27)24(19-8-4-6-16-5-2-3-7-18(16)19)14-20(25)23-22-13-15-9-11-17(21)12-10-15/h2-13H,14H2,1H3,(H,23,25)/b22-13-. The molecule has 0 radical (unpaired) electrons. The van der Waals surface area contributed by atoms with Crippen LogP contribution in [-0.4, -0.2) is 33.3 Å². The highest BCUT2D eigenvalue weighted by atomic mass is 32.2. The summed E-state index contributed by atoms with van der Waals surface area (Å²) in [6, 6.07) is 18.1. The molecule has 144 valence electrons. The first-order valence-corrected chi connectivity index (χ1v) is 10.2. The lowest BCUT2D eigenvalue weighted by Gasteiger charge is -2.23. The second-order valence-corrected chi connectivity index (χ2v) is 8.02. The molecule has 6 nitrogen and oxygen atoms in total. The van der Waals surface area contributed by atoms with Crippen molar-refractivity contribution in [1.82, 2.24) is 5.43 Å². The summed E-state index contributed by atoms with van der Waals surface area (Å²) in [7, 11) is -3.71. The van der Waals surface area contributed by atoms with Crippen molar-refractivity contribution in [3.8, 4) is 0 Å². The number of sulfonamides is 1. The lowest BCUT2D eigenvalue weighted by molar-refractivity contribution is -0.119. The van der Waals surface area contributed by atoms with Crippen LogP contribution in [0.25, 0.3) is 10.8 Å². The van der Waals surface area contributed by atoms with E-state index in [1.54, 1.807) is 24.3 Å². The molecule has 0 saturated carbocycles. The van der Waals surface area contributed by atoms with Gasteiger partial charge in [0.2, 0.25) is 10.0 Å². The highest BCUT2D eigenvalue weighted by Gasteiger charge is 2.22. The molecule has 8 heteroatoms. The molecule has 0 aliphatic carbocycles. The number of amides is 1. The van der Waals surface area contributed by atoms with Gasteiger partial charge in [0.25, 0.3) is 5.91 Å². The van der Waals surface area contributed by atoms with Crippen molar-refractivity contribution in [1.29, 1.82) is 0 Å². The Kier molecular flexibility index (Phi) is 5.70. The zero-order chi connectivity index (χ0) is 20.1. The molecular formula is C20H18FN3O3S. The van der Waals surface area contributed by atoms with Crippen molar-refractivity contribution in [2.75, 3.05) is 17.1 Å². The molecule has 0 aliphatic rings. The van der Waals surface area contributed by atoms with E-state index in [9.17, 15) is 17.6 Å². The Morgan fingerprint density at radius 3 is 2.46 bits per heavy atom. The fourth-order valence-electron chi connectivity index (χ4n) is 2.70. The Morgan fingerprint density at radius 2 is 1.75 bits per heavy atom. The Bertz CT molecular complexity index is 1120. The van der Waals surface area contributed by atoms with Gasteiger partial charge in [0, 0.05) is 5.39 Å². The van der Waals surface area contributed by atoms with E-state index < -0.39 is 22.5 Å². The van der Waals surface area contributed by atoms with E-state index in [2.05, 4.69) is 10.5 Å². The molecule has 0 aliphatic heterocycles. The summed E-state index contributed by atoms with van der Waals surface area (Å²) >= 11 is 0. The third-order valence-electron chi connectivity index (χ3n) is 4.00. The van der Waals surface area contributed by atoms with Crippen molar-refractivity contribution in [2.24, 2.45) is 5.10 Å². The average molecular weight is 399 g/mol. The van der Waals surface area contributed by atoms with Gasteiger partial charge in [-0.2, -0.15) is 5.10 Å². The number of carbonyl (C=O) groups is 1. The van der Waals surface area contributed by atoms with Crippen LogP contribution in [0, 0.1) is 5.82 Å². The van der Waals surface area contributed by atoms with Gasteiger partial charge >= 0.3 is 0 Å². The molecule has 3 aromatic carbocycles. The minimum absolute atomic E-state index is 0.375. The fourth-order valence-corrected chi connectivity index (χ4v) is 3.57. The first-order valence-electron chi connectivity index (χ1n) is 8.37. The molecule has 3 aromatic rings. The van der Waals surface area contributed by atoms with Gasteiger partial charge in [0.15, 0.2) is 0 Å². The van der Waals surface area contributed by atoms with Gasteiger partial charge in [0.05, 0.1) is 18.2 Å². The molecule has 0 bridgehead atoms. The lowest BCUT2D eigenvalue weighted by Crippen LogP contribution is -2.39. The number of nitrogens with zero attached hydrogens (tertiary/aromatic N) is 2. The molecule has 0 saturated heterocycles. The molecule has 0 spiro atoms. The minimum Gasteiger partial charge on any atom is -0.271 e. The summed E-state index contributed by atoms with van der Waals surface area (Å²) in [5.41, 5.74) is 3.31. The van der Waals surface area contributed by atoms with Crippen LogP contribution in [0.3, 0.4) is 0 Å². The van der Waals surface area contributed by atoms with Crippen molar-refractivity contribution >= 4 is 38.6 Å². The first-order chi connectivity index (χ1) is 13.3. The maximum Gasteiger partial charge on any atom is 0.260 e. The maximum absolute atomic E-state index is 12.9. The van der Waals surface area contributed by atoms with Crippen LogP contribution < -0.4 is 9.73 Å². The van der Waals surface area contributed by atoms with Crippen LogP contribution in [0.4, 0.5) is 10.1 Å². The van der Waals surface area contributed by atoms with Gasteiger partial charge in [-0.15, -0.1) is 0 Å². The highest BCUT2D eigenvalue weighted by molar-refractivity contribution is 7.92. The number of hydrazone groups is 1. The van der Waals surface area contributed by atoms with E-state index in [0.717, 1.165) is 21.3 Å². The Hall–Kier alpha value is -3.26. The molecule has 0 fully saturated rings. The molecule has 1 amide bonds. The lowest BCUT2D eigenvalue weighted by atomic mass is 10.1. The van der Waals surface area contributed by atoms with Gasteiger partial charge < -0.3 is 0 Å². The fraction of sp³-hybridized carbons (Fsp3) is 0.100. The van der Waals surface area contributed by atoms with E-state index in [1.807, 2.05) is 18.2 Å². The average Bonchev–Trinajstić information content (AvgIpc) is 2.66. The van der Waals surface area contributed by atoms with Crippen LogP contribution in [0.2, 0.25) is 0 Å². The highest BCUT2D eigenvalue weighted by Crippen LogP contribution is 2.28. The predicted octanol–water partition coefficient (Wildman–Crippen LogP) is 2.90. The largest absolute Gasteiger partial charge is 0.271 e. The number of halogens is 1. The van der Waals surface area contributed by atoms with Crippen LogP contribution in [0.1, 0.15) is 5.56 Å². The van der Waals surface area contributed by atoms with Gasteiger partial charge in [-0.1, -0.05) is 48.5 Å². The topological polar surface area (TPSA) is 78.8 Å². The summed E-state index contributed by atoms with van der Waals surface area (Å²) in [5.74, 6) is -0.975. The summed E-state index contributed by atoms with van der Waals surface area (Å²) in [5, 5.41) is 5.38. The number of rotatable bonds is 6. The van der Waals surface area contributed by atoms with E-state index in [1.165, 1.54) is 30.5 Å². The van der Waals surface area contributed by atoms with E-state index >= 15 is 0 Å². The van der Waals surface area contributed by atoms with Crippen molar-refractivity contribution in [3.63, 3.8) is 0 Å². The Morgan fingerprint density at radius 1 is 1.07 bits per heavy atom. The summed E-state index contributed by atoms with van der Waals surface area (Å²) < 4.78 is 38.5. The number of anilines is 1. The summed E-state index contributed by atoms with van der Waals surface area (Å²) in [4.78, 5) is 12.3. The number of benzene rings is 3. The molecule has 28 heavy (non-hydrogen) atoms. The zero-order valence-electron chi connectivity index (χ0n) is 15.0. The monoisotopic (exact) mass is 399 g/mol. The van der Waals surface area contributed by atoms with Gasteiger partial charge in [-0.05, 0) is 29.1 Å². The van der Waals surface area contributed by atoms with Gasteiger partial charge in [0.1, 0.15) is 12.4 Å². The van der Waals surface area contributed by atoms with Gasteiger partial charge in [-0.25, -0.2) is 18.2 Å². The molecule has 3 rings (SSSR count). The third kappa shape index (κ3) is 4.72. The van der Waals surface area contributed by atoms with Crippen LogP contribution in [0.5, 0.6) is 0 Å². The molecule has 0 heterocycles. The van der Waals surface area contributed by atoms with Crippen molar-refractivity contribution in [2.45, 2.75) is 0 Å². The van der Waals surface area contributed by atoms with E-state index in [0.29, 0.717) is 11.3 Å². The van der Waals surface area contributed by atoms with Crippen LogP contribution >= 0.6 is 0 Å². The maximum atomic E-state index is 12.9. The van der Waals surface area contributed by atoms with Crippen molar-refractivity contribution < 1.29 is 17.6 Å². The predicted molar refractivity (Wildman–Crippen MR) is 108 cm³/mol. The van der Waals surface area contributed by atoms with Gasteiger partial charge in [-0.3, -0.25) is 9.10 Å². The number of hydrogen-bond acceptors (Lipinski definition) is 4. The molecule has 0 unspecified atom stereocenters. The molecular weight excluding hydrogens is 381 g/mol. The second kappa shape index (κ2) is 8.18. The van der Waals surface area contributed by atoms with E-state index in [4.69, 9.17) is 0 Å². The number of hydrogen-bond donors (Lipinski definition) is 1. The zero-order valence-corrected chi connectivity index (χ0v) is 15.9. The minimum atomic E-state index is -3.71. The number of carbonyl (C=O) groups excluding carboxylic acids is 1. The molecule has 0 atom stereocenters. The Labute approximate surface area is 162 Å². The van der Waals surface area contributed by atoms with Crippen molar-refractivity contribution in [3.05, 3.63) is 78.1 Å². The van der Waals surface area contributed by atoms with E-state index in [-0.39, 0.29) is 5.82 Å². The summed E-state index contributed by atoms with van der Waals surface area (Å²) in [6.07, 6.45) is 2.39. The first kappa shape index (κ1) is 19.5. The molecule has 0 aromatic heterocycles. The number of fused-ring (bicyclic) bond motifs is 1. The van der Waals surface area contributed by atoms with Crippen LogP contribution in [0.15, 0.2) is 71.8 Å². The smallest absolute Gasteiger partial charge is 0.260 e. The third-order valence-corrected chi connectivity index (χ3v) is 5.12.